The Morgan fingerprint density at radius 1 is 1.17 bits per heavy atom. The van der Waals surface area contributed by atoms with Gasteiger partial charge in [0.15, 0.2) is 0 Å². The van der Waals surface area contributed by atoms with Gasteiger partial charge in [0.05, 0.1) is 11.6 Å². The van der Waals surface area contributed by atoms with E-state index in [0.29, 0.717) is 36.6 Å². The number of likely N-dealkylation sites (tertiary alicyclic amines) is 1. The number of alkyl halides is 3. The molecule has 29 heavy (non-hydrogen) atoms. The summed E-state index contributed by atoms with van der Waals surface area (Å²) in [5.74, 6) is -0.0737. The maximum absolute atomic E-state index is 12.9. The van der Waals surface area contributed by atoms with Gasteiger partial charge in [0.2, 0.25) is 5.91 Å². The molecule has 1 heterocycles. The maximum atomic E-state index is 12.9. The van der Waals surface area contributed by atoms with Gasteiger partial charge in [0.1, 0.15) is 0 Å². The predicted octanol–water partition coefficient (Wildman–Crippen LogP) is 3.84. The largest absolute Gasteiger partial charge is 0.416 e. The van der Waals surface area contributed by atoms with Crippen LogP contribution in [0, 0.1) is 0 Å². The molecule has 0 unspecified atom stereocenters. The average Bonchev–Trinajstić information content (AvgIpc) is 3.08. The highest BCUT2D eigenvalue weighted by Crippen LogP contribution is 2.29. The van der Waals surface area contributed by atoms with Crippen LogP contribution in [0.4, 0.5) is 13.2 Å². The number of hydrogen-bond donors (Lipinski definition) is 2. The predicted molar refractivity (Wildman–Crippen MR) is 106 cm³/mol. The minimum Gasteiger partial charge on any atom is -0.358 e. The summed E-state index contributed by atoms with van der Waals surface area (Å²) >= 11 is 6.06. The van der Waals surface area contributed by atoms with E-state index in [1.165, 1.54) is 6.07 Å². The number of benzene rings is 2. The van der Waals surface area contributed by atoms with Gasteiger partial charge in [-0.25, -0.2) is 0 Å². The van der Waals surface area contributed by atoms with Crippen LogP contribution in [-0.2, 0) is 24.1 Å². The van der Waals surface area contributed by atoms with Crippen molar-refractivity contribution in [2.45, 2.75) is 37.8 Å². The van der Waals surface area contributed by atoms with Gasteiger partial charge in [0, 0.05) is 37.7 Å². The van der Waals surface area contributed by atoms with Gasteiger partial charge in [-0.2, -0.15) is 13.2 Å². The Bertz CT molecular complexity index is 859. The lowest BCUT2D eigenvalue weighted by molar-refractivity contribution is -0.137. The van der Waals surface area contributed by atoms with Crippen molar-refractivity contribution in [2.75, 3.05) is 13.6 Å². The molecule has 1 aliphatic heterocycles. The molecule has 0 aliphatic carbocycles. The molecule has 1 saturated heterocycles. The quantitative estimate of drug-likeness (QED) is 0.739. The molecule has 0 saturated carbocycles. The van der Waals surface area contributed by atoms with E-state index in [1.807, 2.05) is 18.2 Å². The molecule has 2 aromatic rings. The average molecular weight is 426 g/mol. The van der Waals surface area contributed by atoms with Crippen molar-refractivity contribution in [2.24, 2.45) is 0 Å². The number of likely N-dealkylation sites (N-methyl/N-ethyl adjacent to an activating group) is 1. The third-order valence-electron chi connectivity index (χ3n) is 5.08. The van der Waals surface area contributed by atoms with Crippen molar-refractivity contribution < 1.29 is 18.0 Å². The first-order valence-electron chi connectivity index (χ1n) is 9.36. The van der Waals surface area contributed by atoms with Crippen molar-refractivity contribution >= 4 is 17.5 Å². The second kappa shape index (κ2) is 9.15. The van der Waals surface area contributed by atoms with Crippen LogP contribution >= 0.6 is 11.6 Å². The van der Waals surface area contributed by atoms with Crippen molar-refractivity contribution in [1.82, 2.24) is 15.5 Å². The highest BCUT2D eigenvalue weighted by atomic mass is 35.5. The van der Waals surface area contributed by atoms with E-state index in [0.717, 1.165) is 17.7 Å². The smallest absolute Gasteiger partial charge is 0.358 e. The number of nitrogens with one attached hydrogen (secondary N) is 2. The molecule has 1 fully saturated rings. The summed E-state index contributed by atoms with van der Waals surface area (Å²) in [7, 11) is 1.60. The number of rotatable bonds is 6. The topological polar surface area (TPSA) is 44.4 Å². The molecule has 0 spiro atoms. The highest BCUT2D eigenvalue weighted by molar-refractivity contribution is 6.30. The van der Waals surface area contributed by atoms with E-state index in [9.17, 15) is 18.0 Å². The second-order valence-electron chi connectivity index (χ2n) is 7.20. The summed E-state index contributed by atoms with van der Waals surface area (Å²) in [4.78, 5) is 14.4. The highest BCUT2D eigenvalue weighted by Gasteiger charge is 2.36. The second-order valence-corrected chi connectivity index (χ2v) is 7.64. The van der Waals surface area contributed by atoms with Crippen molar-refractivity contribution in [1.29, 1.82) is 0 Å². The number of nitrogens with zero attached hydrogens (tertiary/aromatic N) is 1. The van der Waals surface area contributed by atoms with Crippen LogP contribution in [0.2, 0.25) is 5.02 Å². The maximum Gasteiger partial charge on any atom is 0.416 e. The zero-order chi connectivity index (χ0) is 21.0. The molecule has 1 amide bonds. The first-order valence-corrected chi connectivity index (χ1v) is 9.73. The van der Waals surface area contributed by atoms with E-state index < -0.39 is 11.7 Å². The van der Waals surface area contributed by atoms with Gasteiger partial charge in [0.25, 0.3) is 0 Å². The van der Waals surface area contributed by atoms with Gasteiger partial charge in [-0.15, -0.1) is 0 Å². The molecule has 2 N–H and O–H groups in total. The zero-order valence-electron chi connectivity index (χ0n) is 16.0. The van der Waals surface area contributed by atoms with E-state index >= 15 is 0 Å². The van der Waals surface area contributed by atoms with Crippen LogP contribution in [0.3, 0.4) is 0 Å². The van der Waals surface area contributed by atoms with Gasteiger partial charge in [-0.3, -0.25) is 9.69 Å². The van der Waals surface area contributed by atoms with Crippen LogP contribution in [0.25, 0.3) is 0 Å². The zero-order valence-corrected chi connectivity index (χ0v) is 16.7. The molecule has 3 rings (SSSR count). The van der Waals surface area contributed by atoms with E-state index in [2.05, 4.69) is 15.5 Å². The lowest BCUT2D eigenvalue weighted by atomic mass is 10.1. The normalized spacial score (nSPS) is 20.0. The minimum absolute atomic E-state index is 0.00831. The van der Waals surface area contributed by atoms with Crippen molar-refractivity contribution in [3.05, 3.63) is 70.2 Å². The fraction of sp³-hybridized carbons (Fsp3) is 0.381. The van der Waals surface area contributed by atoms with Crippen LogP contribution < -0.4 is 10.6 Å². The van der Waals surface area contributed by atoms with Crippen LogP contribution in [0.1, 0.15) is 23.1 Å². The molecule has 1 aliphatic rings. The molecule has 4 nitrogen and oxygen atoms in total. The van der Waals surface area contributed by atoms with Crippen LogP contribution in [0.5, 0.6) is 0 Å². The molecular weight excluding hydrogens is 403 g/mol. The van der Waals surface area contributed by atoms with Crippen molar-refractivity contribution in [3.63, 3.8) is 0 Å². The number of carbonyl (C=O) groups is 1. The summed E-state index contributed by atoms with van der Waals surface area (Å²) in [6, 6.07) is 12.5. The summed E-state index contributed by atoms with van der Waals surface area (Å²) in [6.45, 7) is 1.49. The molecule has 156 valence electrons. The molecule has 0 radical (unpaired) electrons. The van der Waals surface area contributed by atoms with E-state index in [1.54, 1.807) is 19.2 Å². The number of hydrogen-bond acceptors (Lipinski definition) is 3. The Morgan fingerprint density at radius 2 is 1.90 bits per heavy atom. The molecule has 0 aromatic heterocycles. The van der Waals surface area contributed by atoms with Gasteiger partial charge in [-0.05, 0) is 35.7 Å². The van der Waals surface area contributed by atoms with Crippen molar-refractivity contribution in [3.8, 4) is 0 Å². The Kier molecular flexibility index (Phi) is 6.82. The fourth-order valence-corrected chi connectivity index (χ4v) is 3.87. The lowest BCUT2D eigenvalue weighted by Gasteiger charge is -2.23. The van der Waals surface area contributed by atoms with Gasteiger partial charge < -0.3 is 10.6 Å². The SMILES string of the molecule is CNC(=O)[C@@H]1C[C@H](NCc2cccc(C(F)(F)F)c2)CN1Cc1cccc(Cl)c1. The first-order chi connectivity index (χ1) is 13.8. The van der Waals surface area contributed by atoms with Gasteiger partial charge >= 0.3 is 6.18 Å². The summed E-state index contributed by atoms with van der Waals surface area (Å²) < 4.78 is 38.7. The molecule has 2 atom stereocenters. The molecule has 0 bridgehead atoms. The number of amides is 1. The Balaban J connectivity index is 1.65. The Labute approximate surface area is 173 Å². The minimum atomic E-state index is -4.36. The summed E-state index contributed by atoms with van der Waals surface area (Å²) in [6.07, 6.45) is -3.78. The summed E-state index contributed by atoms with van der Waals surface area (Å²) in [5, 5.41) is 6.63. The van der Waals surface area contributed by atoms with E-state index in [-0.39, 0.29) is 18.0 Å². The fourth-order valence-electron chi connectivity index (χ4n) is 3.66. The monoisotopic (exact) mass is 425 g/mol. The molecule has 2 aromatic carbocycles. The van der Waals surface area contributed by atoms with E-state index in [4.69, 9.17) is 11.6 Å². The Morgan fingerprint density at radius 3 is 2.59 bits per heavy atom. The molecule has 8 heteroatoms. The summed E-state index contributed by atoms with van der Waals surface area (Å²) in [5.41, 5.74) is 0.906. The third-order valence-corrected chi connectivity index (χ3v) is 5.31. The van der Waals surface area contributed by atoms with Crippen LogP contribution in [0.15, 0.2) is 48.5 Å². The van der Waals surface area contributed by atoms with Crippen LogP contribution in [-0.4, -0.2) is 36.5 Å². The third kappa shape index (κ3) is 5.72. The number of carbonyl (C=O) groups excluding carboxylic acids is 1. The van der Waals surface area contributed by atoms with Gasteiger partial charge in [-0.1, -0.05) is 41.9 Å². The number of halogens is 4. The molecular formula is C21H23ClF3N3O. The lowest BCUT2D eigenvalue weighted by Crippen LogP contribution is -2.41. The first kappa shape index (κ1) is 21.6. The Hall–Kier alpha value is -2.09. The standard InChI is InChI=1S/C21H23ClF3N3O/c1-26-20(29)19-10-18(13-28(19)12-15-5-3-7-17(22)9-15)27-11-14-4-2-6-16(8-14)21(23,24)25/h2-9,18-19,27H,10-13H2,1H3,(H,26,29)/t18-,19-/m0/s1.